The van der Waals surface area contributed by atoms with Crippen molar-refractivity contribution in [3.63, 3.8) is 0 Å². The molecule has 5 heteroatoms. The maximum Gasteiger partial charge on any atom is 0.308 e. The van der Waals surface area contributed by atoms with Crippen LogP contribution in [0.5, 0.6) is 5.75 Å². The number of nitro benzene ring substituents is 1. The van der Waals surface area contributed by atoms with Crippen LogP contribution in [0.15, 0.2) is 12.1 Å². The third kappa shape index (κ3) is 4.03. The van der Waals surface area contributed by atoms with Gasteiger partial charge in [0.05, 0.1) is 11.0 Å². The molecule has 1 aromatic carbocycles. The summed E-state index contributed by atoms with van der Waals surface area (Å²) in [6.07, 6.45) is 0. The Morgan fingerprint density at radius 3 is 1.86 bits per heavy atom. The topological polar surface area (TPSA) is 69.4 Å². The molecule has 0 heterocycles. The molecule has 0 saturated heterocycles. The summed E-state index contributed by atoms with van der Waals surface area (Å²) >= 11 is 0. The smallest absolute Gasteiger partial charge is 0.308 e. The number of hydrogen-bond donors (Lipinski definition) is 0. The molecule has 0 unspecified atom stereocenters. The van der Waals surface area contributed by atoms with Gasteiger partial charge in [-0.25, -0.2) is 0 Å². The first kappa shape index (κ1) is 17.1. The lowest BCUT2D eigenvalue weighted by Crippen LogP contribution is -2.20. The Morgan fingerprint density at radius 1 is 1.05 bits per heavy atom. The van der Waals surface area contributed by atoms with Gasteiger partial charge in [0.1, 0.15) is 5.75 Å². The van der Waals surface area contributed by atoms with E-state index in [2.05, 4.69) is 0 Å². The van der Waals surface area contributed by atoms with E-state index in [4.69, 9.17) is 4.74 Å². The first-order chi connectivity index (χ1) is 9.34. The predicted molar refractivity (Wildman–Crippen MR) is 81.8 cm³/mol. The number of esters is 1. The second-order valence-electron chi connectivity index (χ2n) is 7.22. The van der Waals surface area contributed by atoms with Crippen molar-refractivity contribution in [1.29, 1.82) is 0 Å². The van der Waals surface area contributed by atoms with E-state index in [1.165, 1.54) is 13.0 Å². The zero-order valence-corrected chi connectivity index (χ0v) is 13.7. The SMILES string of the molecule is CC(=O)Oc1cc([N+](=O)[O-])c(C(C)(C)C)cc1C(C)(C)C. The summed E-state index contributed by atoms with van der Waals surface area (Å²) < 4.78 is 5.19. The van der Waals surface area contributed by atoms with Crippen LogP contribution in [0.25, 0.3) is 0 Å². The van der Waals surface area contributed by atoms with E-state index >= 15 is 0 Å². The molecule has 0 bridgehead atoms. The quantitative estimate of drug-likeness (QED) is 0.356. The van der Waals surface area contributed by atoms with Crippen LogP contribution in [0.2, 0.25) is 0 Å². The van der Waals surface area contributed by atoms with Crippen LogP contribution in [-0.2, 0) is 15.6 Å². The van der Waals surface area contributed by atoms with Gasteiger partial charge in [-0.05, 0) is 16.9 Å². The monoisotopic (exact) mass is 293 g/mol. The number of benzene rings is 1. The summed E-state index contributed by atoms with van der Waals surface area (Å²) in [6, 6.07) is 3.15. The highest BCUT2D eigenvalue weighted by Gasteiger charge is 2.31. The normalized spacial score (nSPS) is 12.1. The molecule has 0 aliphatic carbocycles. The lowest BCUT2D eigenvalue weighted by atomic mass is 9.79. The molecule has 0 aromatic heterocycles. The number of nitro groups is 1. The second-order valence-corrected chi connectivity index (χ2v) is 7.22. The molecule has 0 spiro atoms. The Bertz CT molecular complexity index is 577. The van der Waals surface area contributed by atoms with Crippen LogP contribution >= 0.6 is 0 Å². The van der Waals surface area contributed by atoms with Gasteiger partial charge in [-0.15, -0.1) is 0 Å². The van der Waals surface area contributed by atoms with Gasteiger partial charge >= 0.3 is 5.97 Å². The van der Waals surface area contributed by atoms with Gasteiger partial charge in [-0.1, -0.05) is 41.5 Å². The molecule has 21 heavy (non-hydrogen) atoms. The molecular formula is C16H23NO4. The lowest BCUT2D eigenvalue weighted by Gasteiger charge is -2.26. The fourth-order valence-electron chi connectivity index (χ4n) is 2.15. The average molecular weight is 293 g/mol. The highest BCUT2D eigenvalue weighted by molar-refractivity contribution is 5.71. The van der Waals surface area contributed by atoms with Crippen molar-refractivity contribution in [2.45, 2.75) is 59.3 Å². The summed E-state index contributed by atoms with van der Waals surface area (Å²) in [5, 5.41) is 11.3. The molecule has 116 valence electrons. The van der Waals surface area contributed by atoms with Gasteiger partial charge in [0.2, 0.25) is 0 Å². The van der Waals surface area contributed by atoms with E-state index in [-0.39, 0.29) is 22.3 Å². The Labute approximate surface area is 125 Å². The van der Waals surface area contributed by atoms with E-state index in [0.717, 1.165) is 5.56 Å². The summed E-state index contributed by atoms with van der Waals surface area (Å²) in [4.78, 5) is 22.2. The Hall–Kier alpha value is -1.91. The maximum absolute atomic E-state index is 11.3. The second kappa shape index (κ2) is 5.47. The number of carbonyl (C=O) groups is 1. The van der Waals surface area contributed by atoms with Crippen molar-refractivity contribution in [1.82, 2.24) is 0 Å². The van der Waals surface area contributed by atoms with Gasteiger partial charge < -0.3 is 4.74 Å². The largest absolute Gasteiger partial charge is 0.426 e. The molecule has 1 rings (SSSR count). The van der Waals surface area contributed by atoms with Crippen LogP contribution in [0.4, 0.5) is 5.69 Å². The summed E-state index contributed by atoms with van der Waals surface area (Å²) in [5.74, 6) is -0.229. The molecule has 0 atom stereocenters. The molecule has 1 aromatic rings. The Balaban J connectivity index is 3.70. The standard InChI is InChI=1S/C16H23NO4/c1-10(18)21-14-9-13(17(19)20)11(15(2,3)4)8-12(14)16(5,6)7/h8-9H,1-7H3. The third-order valence-corrected chi connectivity index (χ3v) is 3.16. The number of hydrogen-bond acceptors (Lipinski definition) is 4. The highest BCUT2D eigenvalue weighted by Crippen LogP contribution is 2.40. The van der Waals surface area contributed by atoms with E-state index in [1.807, 2.05) is 41.5 Å². The van der Waals surface area contributed by atoms with E-state index in [9.17, 15) is 14.9 Å². The van der Waals surface area contributed by atoms with E-state index in [0.29, 0.717) is 5.56 Å². The van der Waals surface area contributed by atoms with Crippen LogP contribution in [0, 0.1) is 10.1 Å². The number of rotatable bonds is 2. The molecule has 0 saturated carbocycles. The summed E-state index contributed by atoms with van der Waals surface area (Å²) in [6.45, 7) is 13.0. The van der Waals surface area contributed by atoms with Crippen molar-refractivity contribution < 1.29 is 14.5 Å². The van der Waals surface area contributed by atoms with Crippen molar-refractivity contribution in [3.8, 4) is 5.75 Å². The molecule has 0 radical (unpaired) electrons. The van der Waals surface area contributed by atoms with Crippen LogP contribution in [-0.4, -0.2) is 10.9 Å². The number of carbonyl (C=O) groups excluding carboxylic acids is 1. The van der Waals surface area contributed by atoms with Gasteiger partial charge in [0, 0.05) is 18.1 Å². The van der Waals surface area contributed by atoms with Crippen LogP contribution in [0.3, 0.4) is 0 Å². The minimum Gasteiger partial charge on any atom is -0.426 e. The minimum atomic E-state index is -0.488. The molecule has 0 amide bonds. The van der Waals surface area contributed by atoms with E-state index < -0.39 is 10.9 Å². The van der Waals surface area contributed by atoms with Gasteiger partial charge in [0.25, 0.3) is 5.69 Å². The molecule has 0 N–H and O–H groups in total. The summed E-state index contributed by atoms with van der Waals surface area (Å²) in [5.41, 5.74) is 0.727. The molecule has 0 aliphatic heterocycles. The first-order valence-electron chi connectivity index (χ1n) is 6.86. The van der Waals surface area contributed by atoms with Crippen molar-refractivity contribution >= 4 is 11.7 Å². The fourth-order valence-corrected chi connectivity index (χ4v) is 2.15. The average Bonchev–Trinajstić information content (AvgIpc) is 2.24. The van der Waals surface area contributed by atoms with Crippen molar-refractivity contribution in [2.24, 2.45) is 0 Å². The van der Waals surface area contributed by atoms with E-state index in [1.54, 1.807) is 6.07 Å². The summed E-state index contributed by atoms with van der Waals surface area (Å²) in [7, 11) is 0. The maximum atomic E-state index is 11.3. The first-order valence-corrected chi connectivity index (χ1v) is 6.86. The lowest BCUT2D eigenvalue weighted by molar-refractivity contribution is -0.386. The predicted octanol–water partition coefficient (Wildman–Crippen LogP) is 4.12. The zero-order valence-electron chi connectivity index (χ0n) is 13.7. The molecule has 0 aliphatic rings. The minimum absolute atomic E-state index is 0.0215. The van der Waals surface area contributed by atoms with Crippen molar-refractivity contribution in [2.75, 3.05) is 0 Å². The third-order valence-electron chi connectivity index (χ3n) is 3.16. The van der Waals surface area contributed by atoms with Gasteiger partial charge in [-0.3, -0.25) is 14.9 Å². The highest BCUT2D eigenvalue weighted by atomic mass is 16.6. The van der Waals surface area contributed by atoms with Crippen LogP contribution in [0.1, 0.15) is 59.6 Å². The Morgan fingerprint density at radius 2 is 1.52 bits per heavy atom. The van der Waals surface area contributed by atoms with Crippen LogP contribution < -0.4 is 4.74 Å². The number of nitrogens with zero attached hydrogens (tertiary/aromatic N) is 1. The van der Waals surface area contributed by atoms with Gasteiger partial charge in [0.15, 0.2) is 0 Å². The van der Waals surface area contributed by atoms with Gasteiger partial charge in [-0.2, -0.15) is 0 Å². The molecule has 5 nitrogen and oxygen atoms in total. The molecule has 0 fully saturated rings. The van der Waals surface area contributed by atoms with Crippen molar-refractivity contribution in [3.05, 3.63) is 33.4 Å². The zero-order chi connectivity index (χ0) is 16.6. The fraction of sp³-hybridized carbons (Fsp3) is 0.562. The Kier molecular flexibility index (Phi) is 4.46. The number of ether oxygens (including phenoxy) is 1. The molecular weight excluding hydrogens is 270 g/mol.